The van der Waals surface area contributed by atoms with Crippen LogP contribution in [0.4, 0.5) is 5.69 Å². The van der Waals surface area contributed by atoms with Gasteiger partial charge in [0.1, 0.15) is 0 Å². The fraction of sp³-hybridized carbons (Fsp3) is 0.0714. The van der Waals surface area contributed by atoms with Crippen LogP contribution in [0.5, 0.6) is 11.5 Å². The molecule has 1 aliphatic rings. The van der Waals surface area contributed by atoms with Crippen LogP contribution in [0.25, 0.3) is 0 Å². The van der Waals surface area contributed by atoms with E-state index in [1.165, 1.54) is 0 Å². The smallest absolute Gasteiger partial charge is 0.255 e. The lowest BCUT2D eigenvalue weighted by atomic mass is 10.2. The quantitative estimate of drug-likeness (QED) is 0.827. The fourth-order valence-electron chi connectivity index (χ4n) is 1.79. The lowest BCUT2D eigenvalue weighted by Gasteiger charge is -2.06. The summed E-state index contributed by atoms with van der Waals surface area (Å²) in [5, 5.41) is 2.81. The highest BCUT2D eigenvalue weighted by Gasteiger charge is 2.14. The average Bonchev–Trinajstić information content (AvgIpc) is 2.87. The molecule has 19 heavy (non-hydrogen) atoms. The Morgan fingerprint density at radius 2 is 1.79 bits per heavy atom. The molecule has 1 aliphatic heterocycles. The van der Waals surface area contributed by atoms with E-state index in [1.807, 2.05) is 0 Å². The Morgan fingerprint density at radius 1 is 1.05 bits per heavy atom. The zero-order valence-electron chi connectivity index (χ0n) is 9.92. The molecule has 3 rings (SSSR count). The molecule has 96 valence electrons. The van der Waals surface area contributed by atoms with Gasteiger partial charge in [0.05, 0.1) is 0 Å². The van der Waals surface area contributed by atoms with E-state index < -0.39 is 0 Å². The highest BCUT2D eigenvalue weighted by atomic mass is 32.1. The van der Waals surface area contributed by atoms with E-state index in [9.17, 15) is 4.79 Å². The van der Waals surface area contributed by atoms with Crippen LogP contribution in [0.1, 0.15) is 10.4 Å². The molecule has 0 spiro atoms. The van der Waals surface area contributed by atoms with Crippen molar-refractivity contribution in [2.45, 2.75) is 4.90 Å². The zero-order chi connectivity index (χ0) is 13.2. The van der Waals surface area contributed by atoms with Crippen molar-refractivity contribution in [1.29, 1.82) is 0 Å². The van der Waals surface area contributed by atoms with Crippen LogP contribution < -0.4 is 14.8 Å². The number of ether oxygens (including phenoxy) is 2. The van der Waals surface area contributed by atoms with E-state index in [2.05, 4.69) is 17.9 Å². The Bertz CT molecular complexity index is 625. The highest BCUT2D eigenvalue weighted by molar-refractivity contribution is 7.80. The van der Waals surface area contributed by atoms with E-state index in [0.717, 1.165) is 4.90 Å². The van der Waals surface area contributed by atoms with Gasteiger partial charge in [-0.25, -0.2) is 0 Å². The third-order valence-electron chi connectivity index (χ3n) is 2.76. The van der Waals surface area contributed by atoms with Crippen LogP contribution in [-0.4, -0.2) is 12.7 Å². The van der Waals surface area contributed by atoms with Crippen molar-refractivity contribution in [3.63, 3.8) is 0 Å². The van der Waals surface area contributed by atoms with Gasteiger partial charge >= 0.3 is 0 Å². The summed E-state index contributed by atoms with van der Waals surface area (Å²) < 4.78 is 10.5. The number of anilines is 1. The maximum atomic E-state index is 12.0. The Balaban J connectivity index is 1.77. The van der Waals surface area contributed by atoms with Gasteiger partial charge < -0.3 is 14.8 Å². The molecule has 0 unspecified atom stereocenters. The summed E-state index contributed by atoms with van der Waals surface area (Å²) in [5.41, 5.74) is 1.25. The summed E-state index contributed by atoms with van der Waals surface area (Å²) in [6.45, 7) is 0.218. The number of rotatable bonds is 2. The van der Waals surface area contributed by atoms with Gasteiger partial charge in [0.25, 0.3) is 5.91 Å². The van der Waals surface area contributed by atoms with Gasteiger partial charge in [-0.2, -0.15) is 0 Å². The molecule has 0 aromatic heterocycles. The standard InChI is InChI=1S/C14H11NO3S/c16-14(9-1-4-11(19)5-2-9)15-10-3-6-12-13(7-10)18-8-17-12/h1-7,19H,8H2,(H,15,16). The largest absolute Gasteiger partial charge is 0.454 e. The number of nitrogens with one attached hydrogen (secondary N) is 1. The second-order valence-electron chi connectivity index (χ2n) is 4.07. The molecule has 4 nitrogen and oxygen atoms in total. The summed E-state index contributed by atoms with van der Waals surface area (Å²) in [4.78, 5) is 12.8. The van der Waals surface area contributed by atoms with Crippen molar-refractivity contribution in [2.24, 2.45) is 0 Å². The maximum absolute atomic E-state index is 12.0. The first kappa shape index (κ1) is 11.9. The Kier molecular flexibility index (Phi) is 3.05. The first-order valence-electron chi connectivity index (χ1n) is 5.72. The number of carbonyl (C=O) groups is 1. The number of hydrogen-bond donors (Lipinski definition) is 2. The van der Waals surface area contributed by atoms with E-state index in [-0.39, 0.29) is 12.7 Å². The van der Waals surface area contributed by atoms with Gasteiger partial charge in [0.2, 0.25) is 6.79 Å². The third-order valence-corrected chi connectivity index (χ3v) is 3.06. The molecule has 0 radical (unpaired) electrons. The van der Waals surface area contributed by atoms with E-state index in [0.29, 0.717) is 22.7 Å². The topological polar surface area (TPSA) is 47.6 Å². The van der Waals surface area contributed by atoms with Crippen LogP contribution >= 0.6 is 12.6 Å². The minimum Gasteiger partial charge on any atom is -0.454 e. The average molecular weight is 273 g/mol. The summed E-state index contributed by atoms with van der Waals surface area (Å²) in [6, 6.07) is 12.3. The first-order valence-corrected chi connectivity index (χ1v) is 6.17. The van der Waals surface area contributed by atoms with Gasteiger partial charge in [-0.3, -0.25) is 4.79 Å². The molecular weight excluding hydrogens is 262 g/mol. The normalized spacial score (nSPS) is 12.3. The summed E-state index contributed by atoms with van der Waals surface area (Å²) in [6.07, 6.45) is 0. The molecule has 0 aliphatic carbocycles. The fourth-order valence-corrected chi connectivity index (χ4v) is 1.94. The summed E-state index contributed by atoms with van der Waals surface area (Å²) in [7, 11) is 0. The lowest BCUT2D eigenvalue weighted by Crippen LogP contribution is -2.11. The predicted molar refractivity (Wildman–Crippen MR) is 74.2 cm³/mol. The number of carbonyl (C=O) groups excluding carboxylic acids is 1. The number of hydrogen-bond acceptors (Lipinski definition) is 4. The summed E-state index contributed by atoms with van der Waals surface area (Å²) in [5.74, 6) is 1.16. The van der Waals surface area contributed by atoms with Gasteiger partial charge in [0, 0.05) is 22.2 Å². The molecule has 0 bridgehead atoms. The van der Waals surface area contributed by atoms with Crippen LogP contribution in [0.15, 0.2) is 47.4 Å². The minimum absolute atomic E-state index is 0.174. The molecule has 1 heterocycles. The molecule has 1 N–H and O–H groups in total. The molecule has 2 aromatic rings. The van der Waals surface area contributed by atoms with Crippen molar-refractivity contribution >= 4 is 24.2 Å². The number of amides is 1. The molecule has 5 heteroatoms. The minimum atomic E-state index is -0.174. The van der Waals surface area contributed by atoms with Crippen LogP contribution in [0, 0.1) is 0 Å². The predicted octanol–water partition coefficient (Wildman–Crippen LogP) is 2.96. The van der Waals surface area contributed by atoms with E-state index in [4.69, 9.17) is 9.47 Å². The lowest BCUT2D eigenvalue weighted by molar-refractivity contribution is 0.102. The van der Waals surface area contributed by atoms with Crippen molar-refractivity contribution in [2.75, 3.05) is 12.1 Å². The van der Waals surface area contributed by atoms with E-state index in [1.54, 1.807) is 42.5 Å². The maximum Gasteiger partial charge on any atom is 0.255 e. The summed E-state index contributed by atoms with van der Waals surface area (Å²) >= 11 is 4.18. The van der Waals surface area contributed by atoms with E-state index >= 15 is 0 Å². The number of benzene rings is 2. The molecule has 0 saturated heterocycles. The second-order valence-corrected chi connectivity index (χ2v) is 4.59. The third kappa shape index (κ3) is 2.51. The SMILES string of the molecule is O=C(Nc1ccc2c(c1)OCO2)c1ccc(S)cc1. The molecule has 1 amide bonds. The van der Waals surface area contributed by atoms with Gasteiger partial charge in [-0.15, -0.1) is 12.6 Å². The Labute approximate surface area is 115 Å². The highest BCUT2D eigenvalue weighted by Crippen LogP contribution is 2.34. The van der Waals surface area contributed by atoms with Crippen molar-refractivity contribution in [3.05, 3.63) is 48.0 Å². The van der Waals surface area contributed by atoms with Crippen molar-refractivity contribution in [3.8, 4) is 11.5 Å². The number of fused-ring (bicyclic) bond motifs is 1. The monoisotopic (exact) mass is 273 g/mol. The number of thiol groups is 1. The first-order chi connectivity index (χ1) is 9.22. The van der Waals surface area contributed by atoms with Gasteiger partial charge in [0.15, 0.2) is 11.5 Å². The zero-order valence-corrected chi connectivity index (χ0v) is 10.8. The van der Waals surface area contributed by atoms with Crippen LogP contribution in [0.2, 0.25) is 0 Å². The van der Waals surface area contributed by atoms with Crippen molar-refractivity contribution < 1.29 is 14.3 Å². The molecule has 0 fully saturated rings. The Hall–Kier alpha value is -2.14. The van der Waals surface area contributed by atoms with Crippen LogP contribution in [-0.2, 0) is 0 Å². The van der Waals surface area contributed by atoms with Gasteiger partial charge in [-0.1, -0.05) is 0 Å². The molecule has 0 atom stereocenters. The Morgan fingerprint density at radius 3 is 2.58 bits per heavy atom. The van der Waals surface area contributed by atoms with Crippen molar-refractivity contribution in [1.82, 2.24) is 0 Å². The molecular formula is C14H11NO3S. The van der Waals surface area contributed by atoms with Crippen LogP contribution in [0.3, 0.4) is 0 Å². The molecule has 2 aromatic carbocycles. The van der Waals surface area contributed by atoms with Gasteiger partial charge in [-0.05, 0) is 36.4 Å². The molecule has 0 saturated carbocycles. The second kappa shape index (κ2) is 4.85.